The zero-order valence-corrected chi connectivity index (χ0v) is 12.8. The van der Waals surface area contributed by atoms with Crippen LogP contribution in [0, 0.1) is 13.8 Å². The van der Waals surface area contributed by atoms with Gasteiger partial charge in [0.05, 0.1) is 0 Å². The second-order valence-corrected chi connectivity index (χ2v) is 5.10. The molecular weight excluding hydrogens is 278 g/mol. The first kappa shape index (κ1) is 14.4. The van der Waals surface area contributed by atoms with Crippen molar-refractivity contribution in [2.24, 2.45) is 0 Å². The molecule has 0 radical (unpaired) electrons. The Labute approximate surface area is 113 Å². The highest BCUT2D eigenvalue weighted by Gasteiger charge is 2.17. The van der Waals surface area contributed by atoms with E-state index in [2.05, 4.69) is 44.6 Å². The van der Waals surface area contributed by atoms with Crippen LogP contribution in [0.25, 0.3) is 0 Å². The summed E-state index contributed by atoms with van der Waals surface area (Å²) in [7, 11) is 0. The molecule has 0 spiro atoms. The van der Waals surface area contributed by atoms with Gasteiger partial charge in [-0.05, 0) is 32.8 Å². The van der Waals surface area contributed by atoms with Gasteiger partial charge >= 0.3 is 0 Å². The number of anilines is 1. The fourth-order valence-electron chi connectivity index (χ4n) is 2.10. The van der Waals surface area contributed by atoms with Gasteiger partial charge in [0.15, 0.2) is 0 Å². The first-order chi connectivity index (χ1) is 8.12. The monoisotopic (exact) mass is 299 g/mol. The molecule has 0 fully saturated rings. The summed E-state index contributed by atoms with van der Waals surface area (Å²) in [5, 5.41) is 0.944. The third-order valence-corrected chi connectivity index (χ3v) is 3.29. The van der Waals surface area contributed by atoms with Crippen LogP contribution in [-0.2, 0) is 0 Å². The molecule has 0 saturated heterocycles. The molecule has 4 heteroatoms. The highest BCUT2D eigenvalue weighted by molar-refractivity contribution is 9.09. The summed E-state index contributed by atoms with van der Waals surface area (Å²) < 4.78 is 0. The van der Waals surface area contributed by atoms with Crippen molar-refractivity contribution in [3.8, 4) is 0 Å². The van der Waals surface area contributed by atoms with Gasteiger partial charge in [0.2, 0.25) is 5.95 Å². The van der Waals surface area contributed by atoms with Crippen LogP contribution < -0.4 is 4.90 Å². The normalized spacial score (nSPS) is 10.9. The lowest BCUT2D eigenvalue weighted by molar-refractivity contribution is 0.556. The van der Waals surface area contributed by atoms with Crippen LogP contribution in [0.1, 0.15) is 38.1 Å². The smallest absolute Gasteiger partial charge is 0.226 e. The van der Waals surface area contributed by atoms with E-state index in [0.29, 0.717) is 6.04 Å². The van der Waals surface area contributed by atoms with Crippen LogP contribution in [0.2, 0.25) is 0 Å². The van der Waals surface area contributed by atoms with E-state index >= 15 is 0 Å². The topological polar surface area (TPSA) is 29.0 Å². The Kier molecular flexibility index (Phi) is 5.89. The lowest BCUT2D eigenvalue weighted by atomic mass is 10.1. The van der Waals surface area contributed by atoms with E-state index in [1.165, 1.54) is 0 Å². The van der Waals surface area contributed by atoms with Crippen LogP contribution in [-0.4, -0.2) is 27.9 Å². The zero-order valence-electron chi connectivity index (χ0n) is 11.2. The van der Waals surface area contributed by atoms with Gasteiger partial charge in [-0.15, -0.1) is 0 Å². The van der Waals surface area contributed by atoms with E-state index in [1.807, 2.05) is 19.9 Å². The highest BCUT2D eigenvalue weighted by Crippen LogP contribution is 2.17. The number of aryl methyl sites for hydroxylation is 2. The molecule has 0 aliphatic rings. The predicted molar refractivity (Wildman–Crippen MR) is 77.0 cm³/mol. The van der Waals surface area contributed by atoms with E-state index in [9.17, 15) is 0 Å². The Morgan fingerprint density at radius 2 is 1.71 bits per heavy atom. The SMILES string of the molecule is CCC(CC)N(CCBr)c1nc(C)cc(C)n1. The van der Waals surface area contributed by atoms with Crippen molar-refractivity contribution in [2.75, 3.05) is 16.8 Å². The number of hydrogen-bond acceptors (Lipinski definition) is 3. The number of hydrogen-bond donors (Lipinski definition) is 0. The molecular formula is C13H22BrN3. The van der Waals surface area contributed by atoms with Crippen molar-refractivity contribution in [2.45, 2.75) is 46.6 Å². The molecule has 17 heavy (non-hydrogen) atoms. The first-order valence-electron chi connectivity index (χ1n) is 6.27. The second kappa shape index (κ2) is 6.94. The predicted octanol–water partition coefficient (Wildman–Crippen LogP) is 3.48. The largest absolute Gasteiger partial charge is 0.337 e. The van der Waals surface area contributed by atoms with Crippen LogP contribution in [0.15, 0.2) is 6.07 Å². The minimum Gasteiger partial charge on any atom is -0.337 e. The van der Waals surface area contributed by atoms with Crippen LogP contribution in [0.4, 0.5) is 5.95 Å². The van der Waals surface area contributed by atoms with Crippen molar-refractivity contribution in [3.05, 3.63) is 17.5 Å². The minimum atomic E-state index is 0.522. The molecule has 1 heterocycles. The van der Waals surface area contributed by atoms with Crippen molar-refractivity contribution in [1.82, 2.24) is 9.97 Å². The van der Waals surface area contributed by atoms with Gasteiger partial charge in [-0.1, -0.05) is 29.8 Å². The summed E-state index contributed by atoms with van der Waals surface area (Å²) >= 11 is 3.51. The Balaban J connectivity index is 3.03. The zero-order chi connectivity index (χ0) is 12.8. The molecule has 0 unspecified atom stereocenters. The maximum Gasteiger partial charge on any atom is 0.226 e. The number of rotatable bonds is 6. The minimum absolute atomic E-state index is 0.522. The molecule has 0 aliphatic heterocycles. The molecule has 0 N–H and O–H groups in total. The summed E-state index contributed by atoms with van der Waals surface area (Å²) in [5.74, 6) is 0.871. The fourth-order valence-corrected chi connectivity index (χ4v) is 2.48. The highest BCUT2D eigenvalue weighted by atomic mass is 79.9. The van der Waals surface area contributed by atoms with E-state index < -0.39 is 0 Å². The molecule has 3 nitrogen and oxygen atoms in total. The van der Waals surface area contributed by atoms with Crippen LogP contribution >= 0.6 is 15.9 Å². The Morgan fingerprint density at radius 1 is 1.18 bits per heavy atom. The molecule has 1 aromatic heterocycles. The van der Waals surface area contributed by atoms with Gasteiger partial charge in [0.1, 0.15) is 0 Å². The van der Waals surface area contributed by atoms with Gasteiger partial charge in [0, 0.05) is 29.3 Å². The van der Waals surface area contributed by atoms with Gasteiger partial charge in [-0.25, -0.2) is 9.97 Å². The Morgan fingerprint density at radius 3 is 2.12 bits per heavy atom. The molecule has 0 bridgehead atoms. The molecule has 0 aromatic carbocycles. The van der Waals surface area contributed by atoms with E-state index in [4.69, 9.17) is 0 Å². The van der Waals surface area contributed by atoms with Crippen molar-refractivity contribution >= 4 is 21.9 Å². The van der Waals surface area contributed by atoms with Crippen LogP contribution in [0.5, 0.6) is 0 Å². The molecule has 1 rings (SSSR count). The van der Waals surface area contributed by atoms with Gasteiger partial charge in [-0.3, -0.25) is 0 Å². The number of alkyl halides is 1. The van der Waals surface area contributed by atoms with Gasteiger partial charge in [0.25, 0.3) is 0 Å². The molecule has 1 aromatic rings. The molecule has 0 amide bonds. The average molecular weight is 300 g/mol. The molecule has 96 valence electrons. The Bertz CT molecular complexity index is 330. The summed E-state index contributed by atoms with van der Waals surface area (Å²) in [6.07, 6.45) is 2.25. The quantitative estimate of drug-likeness (QED) is 0.753. The summed E-state index contributed by atoms with van der Waals surface area (Å²) in [6, 6.07) is 2.54. The van der Waals surface area contributed by atoms with Crippen molar-refractivity contribution in [3.63, 3.8) is 0 Å². The average Bonchev–Trinajstić information content (AvgIpc) is 2.28. The van der Waals surface area contributed by atoms with E-state index in [0.717, 1.165) is 42.1 Å². The lowest BCUT2D eigenvalue weighted by Crippen LogP contribution is -2.37. The molecule has 0 saturated carbocycles. The second-order valence-electron chi connectivity index (χ2n) is 4.30. The number of aromatic nitrogens is 2. The third kappa shape index (κ3) is 3.95. The molecule has 0 atom stereocenters. The van der Waals surface area contributed by atoms with Crippen LogP contribution in [0.3, 0.4) is 0 Å². The van der Waals surface area contributed by atoms with E-state index in [-0.39, 0.29) is 0 Å². The van der Waals surface area contributed by atoms with Gasteiger partial charge in [-0.2, -0.15) is 0 Å². The Hall–Kier alpha value is -0.640. The summed E-state index contributed by atoms with van der Waals surface area (Å²) in [4.78, 5) is 11.4. The standard InChI is InChI=1S/C13H22BrN3/c1-5-12(6-2)17(8-7-14)13-15-10(3)9-11(4)16-13/h9,12H,5-8H2,1-4H3. The molecule has 0 aliphatic carbocycles. The fraction of sp³-hybridized carbons (Fsp3) is 0.692. The summed E-state index contributed by atoms with van der Waals surface area (Å²) in [5.41, 5.74) is 2.08. The maximum absolute atomic E-state index is 4.56. The van der Waals surface area contributed by atoms with E-state index in [1.54, 1.807) is 0 Å². The first-order valence-corrected chi connectivity index (χ1v) is 7.39. The van der Waals surface area contributed by atoms with Crippen molar-refractivity contribution in [1.29, 1.82) is 0 Å². The van der Waals surface area contributed by atoms with Gasteiger partial charge < -0.3 is 4.90 Å². The maximum atomic E-state index is 4.56. The van der Waals surface area contributed by atoms with Crippen molar-refractivity contribution < 1.29 is 0 Å². The lowest BCUT2D eigenvalue weighted by Gasteiger charge is -2.30. The number of halogens is 1. The number of nitrogens with zero attached hydrogens (tertiary/aromatic N) is 3. The third-order valence-electron chi connectivity index (χ3n) is 2.94. The summed E-state index contributed by atoms with van der Waals surface area (Å²) in [6.45, 7) is 9.44.